The van der Waals surface area contributed by atoms with Crippen LogP contribution in [0.15, 0.2) is 291 Å². The molecule has 0 saturated carbocycles. The first kappa shape index (κ1) is 42.6. The molecule has 0 spiro atoms. The Morgan fingerprint density at radius 3 is 0.736 bits per heavy atom. The maximum atomic E-state index is 2.38. The molecule has 0 N–H and O–H groups in total. The average molecular weight is 917 g/mol. The number of rotatable bonds is 10. The van der Waals surface area contributed by atoms with E-state index in [1.54, 1.807) is 0 Å². The van der Waals surface area contributed by atoms with Gasteiger partial charge in [-0.25, -0.2) is 0 Å². The van der Waals surface area contributed by atoms with Gasteiger partial charge in [0.1, 0.15) is 0 Å². The quantitative estimate of drug-likeness (QED) is 0.135. The average Bonchev–Trinajstić information content (AvgIpc) is 3.46. The van der Waals surface area contributed by atoms with Crippen LogP contribution in [-0.4, -0.2) is 0 Å². The Kier molecular flexibility index (Phi) is 10.9. The highest BCUT2D eigenvalue weighted by molar-refractivity contribution is 6.02. The van der Waals surface area contributed by atoms with E-state index in [2.05, 4.69) is 301 Å². The zero-order valence-electron chi connectivity index (χ0n) is 39.6. The van der Waals surface area contributed by atoms with Crippen LogP contribution in [0.5, 0.6) is 0 Å². The first-order valence-electron chi connectivity index (χ1n) is 24.7. The molecule has 0 aliphatic carbocycles. The number of hydrogen-bond donors (Lipinski definition) is 0. The van der Waals surface area contributed by atoms with Crippen molar-refractivity contribution in [2.45, 2.75) is 0 Å². The van der Waals surface area contributed by atoms with Gasteiger partial charge in [-0.2, -0.15) is 0 Å². The smallest absolute Gasteiger partial charge is 0.0540 e. The third kappa shape index (κ3) is 7.92. The lowest BCUT2D eigenvalue weighted by Crippen LogP contribution is -2.10. The molecule has 0 aliphatic heterocycles. The van der Waals surface area contributed by atoms with E-state index in [9.17, 15) is 0 Å². The van der Waals surface area contributed by atoms with E-state index in [1.165, 1.54) is 87.6 Å². The summed E-state index contributed by atoms with van der Waals surface area (Å²) in [5.74, 6) is 0. The highest BCUT2D eigenvalue weighted by Crippen LogP contribution is 2.43. The van der Waals surface area contributed by atoms with Crippen LogP contribution in [-0.2, 0) is 0 Å². The van der Waals surface area contributed by atoms with E-state index in [-0.39, 0.29) is 0 Å². The van der Waals surface area contributed by atoms with Crippen molar-refractivity contribution >= 4 is 77.2 Å². The van der Waals surface area contributed by atoms with Crippen LogP contribution in [0, 0.1) is 0 Å². The summed E-state index contributed by atoms with van der Waals surface area (Å²) in [5, 5.41) is 9.85. The third-order valence-corrected chi connectivity index (χ3v) is 14.3. The second-order valence-electron chi connectivity index (χ2n) is 18.5. The second-order valence-corrected chi connectivity index (χ2v) is 18.5. The Bertz CT molecular complexity index is 3770. The van der Waals surface area contributed by atoms with Crippen molar-refractivity contribution < 1.29 is 0 Å². The van der Waals surface area contributed by atoms with Crippen molar-refractivity contribution in [1.29, 1.82) is 0 Å². The fraction of sp³-hybridized carbons (Fsp3) is 0. The Labute approximate surface area is 420 Å². The lowest BCUT2D eigenvalue weighted by molar-refractivity contribution is 1.30. The summed E-state index contributed by atoms with van der Waals surface area (Å²) in [6.45, 7) is 0. The second kappa shape index (κ2) is 18.4. The highest BCUT2D eigenvalue weighted by Gasteiger charge is 2.18. The monoisotopic (exact) mass is 916 g/mol. The fourth-order valence-corrected chi connectivity index (χ4v) is 10.7. The van der Waals surface area contributed by atoms with Crippen LogP contribution < -0.4 is 9.80 Å². The van der Waals surface area contributed by atoms with Crippen LogP contribution in [0.2, 0.25) is 0 Å². The van der Waals surface area contributed by atoms with E-state index < -0.39 is 0 Å². The molecule has 0 radical (unpaired) electrons. The highest BCUT2D eigenvalue weighted by atomic mass is 15.1. The van der Waals surface area contributed by atoms with Gasteiger partial charge in [0.15, 0.2) is 0 Å². The molecule has 338 valence electrons. The number of fused-ring (bicyclic) bond motifs is 4. The number of anilines is 6. The Balaban J connectivity index is 0.796. The molecule has 0 heterocycles. The summed E-state index contributed by atoms with van der Waals surface area (Å²) >= 11 is 0. The minimum absolute atomic E-state index is 1.10. The van der Waals surface area contributed by atoms with Gasteiger partial charge in [0.25, 0.3) is 0 Å². The van der Waals surface area contributed by atoms with Crippen molar-refractivity contribution in [2.75, 3.05) is 9.80 Å². The normalized spacial score (nSPS) is 11.3. The molecule has 0 bridgehead atoms. The van der Waals surface area contributed by atoms with Crippen LogP contribution in [0.1, 0.15) is 0 Å². The predicted molar refractivity (Wildman–Crippen MR) is 308 cm³/mol. The molecule has 0 aromatic heterocycles. The van der Waals surface area contributed by atoms with Crippen molar-refractivity contribution in [3.05, 3.63) is 291 Å². The van der Waals surface area contributed by atoms with Crippen molar-refractivity contribution in [2.24, 2.45) is 0 Å². The standard InChI is InChI=1S/C70H48N2/c1-5-21-63-53(13-1)17-9-25-65(63)57-37-45-61(46-38-57)71(69-27-11-19-55-15-3-7-23-67(55)69)59-41-33-51(34-42-59)49-29-31-50(32-30-49)52-35-43-60(44-36-52)72(70-28-12-20-56-16-4-8-24-68(56)70)62-47-39-58(40-48-62)66-26-10-18-54-14-2-6-22-64(54)66/h1-48H. The third-order valence-electron chi connectivity index (χ3n) is 14.3. The molecule has 0 saturated heterocycles. The summed E-state index contributed by atoms with van der Waals surface area (Å²) < 4.78 is 0. The molecule has 0 atom stereocenters. The van der Waals surface area contributed by atoms with Gasteiger partial charge in [0.2, 0.25) is 0 Å². The van der Waals surface area contributed by atoms with Gasteiger partial charge < -0.3 is 9.80 Å². The zero-order chi connectivity index (χ0) is 47.8. The van der Waals surface area contributed by atoms with E-state index >= 15 is 0 Å². The molecule has 72 heavy (non-hydrogen) atoms. The van der Waals surface area contributed by atoms with E-state index in [0.717, 1.165) is 34.1 Å². The van der Waals surface area contributed by atoms with E-state index in [1.807, 2.05) is 0 Å². The lowest BCUT2D eigenvalue weighted by Gasteiger charge is -2.27. The van der Waals surface area contributed by atoms with Crippen LogP contribution >= 0.6 is 0 Å². The minimum Gasteiger partial charge on any atom is -0.310 e. The fourth-order valence-electron chi connectivity index (χ4n) is 10.7. The molecule has 13 aromatic rings. The van der Waals surface area contributed by atoms with Crippen molar-refractivity contribution in [3.8, 4) is 44.5 Å². The van der Waals surface area contributed by atoms with Crippen LogP contribution in [0.3, 0.4) is 0 Å². The zero-order valence-corrected chi connectivity index (χ0v) is 39.6. The molecule has 13 rings (SSSR count). The largest absolute Gasteiger partial charge is 0.310 e. The Morgan fingerprint density at radius 1 is 0.167 bits per heavy atom. The summed E-state index contributed by atoms with van der Waals surface area (Å²) in [6.07, 6.45) is 0. The SMILES string of the molecule is c1ccc2c(-c3ccc(N(c4ccc(-c5ccc(-c6ccc(N(c7ccc(-c8cccc9ccccc89)cc7)c7cccc8ccccc78)cc6)cc5)cc4)c4cccc5ccccc45)cc3)cccc2c1. The molecule has 13 aromatic carbocycles. The predicted octanol–water partition coefficient (Wildman–Crippen LogP) is 19.9. The van der Waals surface area contributed by atoms with Gasteiger partial charge in [-0.1, -0.05) is 231 Å². The summed E-state index contributed by atoms with van der Waals surface area (Å²) in [4.78, 5) is 4.77. The molecule has 2 heteroatoms. The maximum Gasteiger partial charge on any atom is 0.0540 e. The lowest BCUT2D eigenvalue weighted by atomic mass is 9.97. The summed E-state index contributed by atoms with van der Waals surface area (Å²) in [5.41, 5.74) is 16.3. The van der Waals surface area contributed by atoms with Gasteiger partial charge in [0, 0.05) is 33.5 Å². The van der Waals surface area contributed by atoms with Gasteiger partial charge in [-0.15, -0.1) is 0 Å². The van der Waals surface area contributed by atoms with Gasteiger partial charge in [0.05, 0.1) is 11.4 Å². The summed E-state index contributed by atoms with van der Waals surface area (Å²) in [7, 11) is 0. The number of nitrogens with zero attached hydrogens (tertiary/aromatic N) is 2. The number of hydrogen-bond acceptors (Lipinski definition) is 2. The van der Waals surface area contributed by atoms with E-state index in [4.69, 9.17) is 0 Å². The Hall–Kier alpha value is -9.50. The molecule has 0 amide bonds. The molecule has 0 unspecified atom stereocenters. The van der Waals surface area contributed by atoms with Gasteiger partial charge >= 0.3 is 0 Å². The van der Waals surface area contributed by atoms with Crippen LogP contribution in [0.25, 0.3) is 87.6 Å². The van der Waals surface area contributed by atoms with Crippen LogP contribution in [0.4, 0.5) is 34.1 Å². The molecule has 0 aliphatic rings. The Morgan fingerprint density at radius 2 is 0.403 bits per heavy atom. The molecule has 2 nitrogen and oxygen atoms in total. The summed E-state index contributed by atoms with van der Waals surface area (Å²) in [6, 6.07) is 106. The minimum atomic E-state index is 1.10. The molecular formula is C70H48N2. The topological polar surface area (TPSA) is 6.48 Å². The van der Waals surface area contributed by atoms with Crippen molar-refractivity contribution in [3.63, 3.8) is 0 Å². The molecular weight excluding hydrogens is 869 g/mol. The van der Waals surface area contributed by atoms with E-state index in [0.29, 0.717) is 0 Å². The first-order chi connectivity index (χ1) is 35.7. The molecule has 0 fully saturated rings. The van der Waals surface area contributed by atoms with Gasteiger partial charge in [-0.3, -0.25) is 0 Å². The van der Waals surface area contributed by atoms with Gasteiger partial charge in [-0.05, 0) is 137 Å². The van der Waals surface area contributed by atoms with Crippen molar-refractivity contribution in [1.82, 2.24) is 0 Å². The first-order valence-corrected chi connectivity index (χ1v) is 24.7. The maximum absolute atomic E-state index is 2.38. The number of benzene rings is 13.